The largest absolute Gasteiger partial charge is 0.388 e. The van der Waals surface area contributed by atoms with Gasteiger partial charge in [-0.3, -0.25) is 0 Å². The van der Waals surface area contributed by atoms with Crippen LogP contribution >= 0.6 is 15.9 Å². The Morgan fingerprint density at radius 3 is 2.88 bits per heavy atom. The normalized spacial score (nSPS) is 12.7. The first-order chi connectivity index (χ1) is 7.65. The Balaban J connectivity index is 2.17. The summed E-state index contributed by atoms with van der Waals surface area (Å²) in [6, 6.07) is 4.36. The van der Waals surface area contributed by atoms with Crippen molar-refractivity contribution >= 4 is 15.9 Å². The Bertz CT molecular complexity index is 453. The molecule has 0 bridgehead atoms. The van der Waals surface area contributed by atoms with Gasteiger partial charge in [0.05, 0.1) is 6.10 Å². The van der Waals surface area contributed by atoms with E-state index in [1.165, 1.54) is 12.1 Å². The molecule has 0 fully saturated rings. The number of aliphatic hydroxyl groups is 1. The van der Waals surface area contributed by atoms with Gasteiger partial charge in [-0.1, -0.05) is 15.9 Å². The minimum Gasteiger partial charge on any atom is -0.388 e. The number of nitrogens with zero attached hydrogens (tertiary/aromatic N) is 1. The second-order valence-corrected chi connectivity index (χ2v) is 4.37. The van der Waals surface area contributed by atoms with Crippen LogP contribution in [0.1, 0.15) is 17.5 Å². The van der Waals surface area contributed by atoms with E-state index in [4.69, 9.17) is 0 Å². The molecule has 0 saturated heterocycles. The lowest BCUT2D eigenvalue weighted by molar-refractivity contribution is 0.175. The molecule has 1 atom stereocenters. The number of halogens is 2. The third-order valence-corrected chi connectivity index (χ3v) is 2.67. The van der Waals surface area contributed by atoms with E-state index >= 15 is 0 Å². The van der Waals surface area contributed by atoms with Gasteiger partial charge in [0.1, 0.15) is 11.6 Å². The number of nitrogens with one attached hydrogen (secondary N) is 1. The number of benzene rings is 1. The van der Waals surface area contributed by atoms with Crippen molar-refractivity contribution in [3.8, 4) is 0 Å². The van der Waals surface area contributed by atoms with Crippen molar-refractivity contribution in [3.63, 3.8) is 0 Å². The van der Waals surface area contributed by atoms with Crippen molar-refractivity contribution in [3.05, 3.63) is 52.3 Å². The summed E-state index contributed by atoms with van der Waals surface area (Å²) >= 11 is 3.18. The van der Waals surface area contributed by atoms with Gasteiger partial charge in [-0.25, -0.2) is 9.37 Å². The smallest absolute Gasteiger partial charge is 0.124 e. The fourth-order valence-corrected chi connectivity index (χ4v) is 1.96. The molecule has 2 rings (SSSR count). The summed E-state index contributed by atoms with van der Waals surface area (Å²) in [5, 5.41) is 9.89. The van der Waals surface area contributed by atoms with Crippen LogP contribution in [0, 0.1) is 5.82 Å². The Morgan fingerprint density at radius 1 is 1.44 bits per heavy atom. The maximum atomic E-state index is 13.1. The van der Waals surface area contributed by atoms with E-state index in [9.17, 15) is 9.50 Å². The molecule has 0 aliphatic heterocycles. The van der Waals surface area contributed by atoms with E-state index in [0.717, 1.165) is 0 Å². The van der Waals surface area contributed by atoms with Crippen molar-refractivity contribution in [1.29, 1.82) is 0 Å². The van der Waals surface area contributed by atoms with Crippen LogP contribution in [0.15, 0.2) is 35.1 Å². The van der Waals surface area contributed by atoms with Crippen molar-refractivity contribution < 1.29 is 9.50 Å². The summed E-state index contributed by atoms with van der Waals surface area (Å²) in [5.41, 5.74) is 0.531. The van der Waals surface area contributed by atoms with E-state index in [1.807, 2.05) is 0 Å². The molecule has 5 heteroatoms. The van der Waals surface area contributed by atoms with Gasteiger partial charge < -0.3 is 10.1 Å². The van der Waals surface area contributed by atoms with E-state index in [0.29, 0.717) is 22.3 Å². The average Bonchev–Trinajstić information content (AvgIpc) is 2.68. The molecule has 0 aliphatic carbocycles. The molecule has 1 aromatic heterocycles. The Hall–Kier alpha value is -1.20. The first-order valence-electron chi connectivity index (χ1n) is 4.77. The van der Waals surface area contributed by atoms with Crippen molar-refractivity contribution in [2.45, 2.75) is 12.5 Å². The number of hydrogen-bond acceptors (Lipinski definition) is 2. The molecule has 2 aromatic rings. The first-order valence-corrected chi connectivity index (χ1v) is 5.57. The SMILES string of the molecule is OC(Cc1ncc[nH]1)c1cc(F)cc(Br)c1. The van der Waals surface area contributed by atoms with Crippen LogP contribution in [-0.2, 0) is 6.42 Å². The third-order valence-electron chi connectivity index (χ3n) is 2.21. The molecule has 0 aliphatic rings. The second kappa shape index (κ2) is 4.76. The highest BCUT2D eigenvalue weighted by molar-refractivity contribution is 9.10. The minimum atomic E-state index is -0.766. The lowest BCUT2D eigenvalue weighted by atomic mass is 10.1. The van der Waals surface area contributed by atoms with Gasteiger partial charge in [0.15, 0.2) is 0 Å². The summed E-state index contributed by atoms with van der Waals surface area (Å²) in [6.07, 6.45) is 2.87. The minimum absolute atomic E-state index is 0.336. The number of aromatic nitrogens is 2. The molecule has 3 nitrogen and oxygen atoms in total. The van der Waals surface area contributed by atoms with Gasteiger partial charge in [-0.05, 0) is 23.8 Å². The summed E-state index contributed by atoms with van der Waals surface area (Å²) < 4.78 is 13.7. The molecular formula is C11H10BrFN2O. The number of aromatic amines is 1. The number of rotatable bonds is 3. The highest BCUT2D eigenvalue weighted by atomic mass is 79.9. The van der Waals surface area contributed by atoms with Crippen molar-refractivity contribution in [2.24, 2.45) is 0 Å². The third kappa shape index (κ3) is 2.68. The van der Waals surface area contributed by atoms with E-state index < -0.39 is 6.10 Å². The quantitative estimate of drug-likeness (QED) is 0.910. The van der Waals surface area contributed by atoms with Crippen LogP contribution in [0.5, 0.6) is 0 Å². The zero-order chi connectivity index (χ0) is 11.5. The summed E-state index contributed by atoms with van der Waals surface area (Å²) in [7, 11) is 0. The second-order valence-electron chi connectivity index (χ2n) is 3.46. The average molecular weight is 285 g/mol. The van der Waals surface area contributed by atoms with Crippen LogP contribution < -0.4 is 0 Å². The van der Waals surface area contributed by atoms with Crippen molar-refractivity contribution in [1.82, 2.24) is 9.97 Å². The van der Waals surface area contributed by atoms with Gasteiger partial charge in [-0.2, -0.15) is 0 Å². The predicted molar refractivity (Wildman–Crippen MR) is 61.4 cm³/mol. The lowest BCUT2D eigenvalue weighted by Crippen LogP contribution is -2.03. The number of H-pyrrole nitrogens is 1. The van der Waals surface area contributed by atoms with E-state index in [1.54, 1.807) is 18.5 Å². The topological polar surface area (TPSA) is 48.9 Å². The van der Waals surface area contributed by atoms with E-state index in [-0.39, 0.29) is 5.82 Å². The van der Waals surface area contributed by atoms with Crippen molar-refractivity contribution in [2.75, 3.05) is 0 Å². The molecule has 84 valence electrons. The Kier molecular flexibility index (Phi) is 3.36. The van der Waals surface area contributed by atoms with E-state index in [2.05, 4.69) is 25.9 Å². The molecule has 1 heterocycles. The van der Waals surface area contributed by atoms with Gasteiger partial charge in [0.25, 0.3) is 0 Å². The summed E-state index contributed by atoms with van der Waals surface area (Å²) in [5.74, 6) is 0.302. The van der Waals surface area contributed by atoms with Gasteiger partial charge in [-0.15, -0.1) is 0 Å². The molecule has 0 saturated carbocycles. The molecule has 1 aromatic carbocycles. The zero-order valence-electron chi connectivity index (χ0n) is 8.32. The fourth-order valence-electron chi connectivity index (χ4n) is 1.48. The molecule has 2 N–H and O–H groups in total. The fraction of sp³-hybridized carbons (Fsp3) is 0.182. The van der Waals surface area contributed by atoms with Crippen LogP contribution in [0.2, 0.25) is 0 Å². The number of hydrogen-bond donors (Lipinski definition) is 2. The molecule has 0 radical (unpaired) electrons. The zero-order valence-corrected chi connectivity index (χ0v) is 9.91. The summed E-state index contributed by atoms with van der Waals surface area (Å²) in [6.45, 7) is 0. The first kappa shape index (κ1) is 11.3. The number of aliphatic hydroxyl groups excluding tert-OH is 1. The highest BCUT2D eigenvalue weighted by Gasteiger charge is 2.11. The maximum absolute atomic E-state index is 13.1. The molecule has 1 unspecified atom stereocenters. The Labute approximate surface area is 100 Å². The molecule has 16 heavy (non-hydrogen) atoms. The maximum Gasteiger partial charge on any atom is 0.124 e. The molecule has 0 spiro atoms. The lowest BCUT2D eigenvalue weighted by Gasteiger charge is -2.10. The van der Waals surface area contributed by atoms with Gasteiger partial charge >= 0.3 is 0 Å². The highest BCUT2D eigenvalue weighted by Crippen LogP contribution is 2.22. The monoisotopic (exact) mass is 284 g/mol. The van der Waals surface area contributed by atoms with Crippen LogP contribution in [0.3, 0.4) is 0 Å². The van der Waals surface area contributed by atoms with Crippen LogP contribution in [-0.4, -0.2) is 15.1 Å². The van der Waals surface area contributed by atoms with Crippen LogP contribution in [0.4, 0.5) is 4.39 Å². The van der Waals surface area contributed by atoms with Gasteiger partial charge in [0.2, 0.25) is 0 Å². The van der Waals surface area contributed by atoms with Crippen LogP contribution in [0.25, 0.3) is 0 Å². The predicted octanol–water partition coefficient (Wildman–Crippen LogP) is 2.59. The Morgan fingerprint density at radius 2 is 2.25 bits per heavy atom. The molecule has 0 amide bonds. The standard InChI is InChI=1S/C11H10BrFN2O/c12-8-3-7(4-9(13)5-8)10(16)6-11-14-1-2-15-11/h1-5,10,16H,6H2,(H,14,15). The van der Waals surface area contributed by atoms with Gasteiger partial charge in [0, 0.05) is 23.3 Å². The summed E-state index contributed by atoms with van der Waals surface area (Å²) in [4.78, 5) is 6.90. The molecular weight excluding hydrogens is 275 g/mol. The number of imidazole rings is 1.